The lowest BCUT2D eigenvalue weighted by atomic mass is 10.2. The molecule has 0 bridgehead atoms. The molecule has 1 N–H and O–H groups in total. The summed E-state index contributed by atoms with van der Waals surface area (Å²) < 4.78 is 17.9. The molecule has 0 aliphatic rings. The summed E-state index contributed by atoms with van der Waals surface area (Å²) in [4.78, 5) is 23.7. The van der Waals surface area contributed by atoms with E-state index in [-0.39, 0.29) is 12.5 Å². The van der Waals surface area contributed by atoms with Gasteiger partial charge in [-0.05, 0) is 104 Å². The molecule has 0 radical (unpaired) electrons. The fourth-order valence-electron chi connectivity index (χ4n) is 2.16. The summed E-state index contributed by atoms with van der Waals surface area (Å²) in [6.07, 6.45) is 1.52. The van der Waals surface area contributed by atoms with Crippen molar-refractivity contribution in [1.82, 2.24) is 5.43 Å². The number of methoxy groups -OCH3 is 1. The van der Waals surface area contributed by atoms with Gasteiger partial charge in [-0.15, -0.1) is 0 Å². The molecular formula is C19H17BrI2N2O5. The second kappa shape index (κ2) is 11.7. The quantitative estimate of drug-likeness (QED) is 0.193. The minimum absolute atomic E-state index is 0.175. The first-order chi connectivity index (χ1) is 13.8. The summed E-state index contributed by atoms with van der Waals surface area (Å²) in [6.45, 7) is 1.86. The van der Waals surface area contributed by atoms with Crippen LogP contribution in [0, 0.1) is 7.14 Å². The highest BCUT2D eigenvalue weighted by atomic mass is 127. The molecule has 0 atom stereocenters. The Balaban J connectivity index is 2.03. The van der Waals surface area contributed by atoms with Gasteiger partial charge in [0.2, 0.25) is 0 Å². The number of hydrazone groups is 1. The molecule has 0 fully saturated rings. The number of hydrogen-bond donors (Lipinski definition) is 1. The van der Waals surface area contributed by atoms with E-state index in [2.05, 4.69) is 71.6 Å². The van der Waals surface area contributed by atoms with Crippen molar-refractivity contribution in [3.63, 3.8) is 0 Å². The number of esters is 1. The monoisotopic (exact) mass is 686 g/mol. The Labute approximate surface area is 204 Å². The molecule has 29 heavy (non-hydrogen) atoms. The van der Waals surface area contributed by atoms with Crippen LogP contribution in [0.2, 0.25) is 0 Å². The standard InChI is InChI=1S/C19H17BrI2N2O5/c1-3-28-17(25)10-29-18-13(20)6-11(7-15(18)22)9-23-24-19(26)12-4-5-14(21)16(8-12)27-2/h4-9H,3,10H2,1-2H3,(H,24,26)/b23-9-. The van der Waals surface area contributed by atoms with Crippen LogP contribution in [0.4, 0.5) is 0 Å². The van der Waals surface area contributed by atoms with Gasteiger partial charge in [-0.25, -0.2) is 10.2 Å². The molecule has 0 aliphatic heterocycles. The van der Waals surface area contributed by atoms with Crippen LogP contribution in [0.1, 0.15) is 22.8 Å². The molecule has 10 heteroatoms. The number of halogens is 3. The second-order valence-electron chi connectivity index (χ2n) is 5.46. The minimum Gasteiger partial charge on any atom is -0.496 e. The van der Waals surface area contributed by atoms with E-state index in [9.17, 15) is 9.59 Å². The number of carbonyl (C=O) groups is 2. The maximum absolute atomic E-state index is 12.2. The number of nitrogens with one attached hydrogen (secondary N) is 1. The van der Waals surface area contributed by atoms with Crippen LogP contribution in [-0.4, -0.2) is 38.4 Å². The Morgan fingerprint density at radius 1 is 1.21 bits per heavy atom. The van der Waals surface area contributed by atoms with Crippen molar-refractivity contribution in [2.45, 2.75) is 6.92 Å². The van der Waals surface area contributed by atoms with Gasteiger partial charge in [-0.1, -0.05) is 0 Å². The van der Waals surface area contributed by atoms with Gasteiger partial charge in [0.25, 0.3) is 5.91 Å². The molecule has 154 valence electrons. The maximum atomic E-state index is 12.2. The minimum atomic E-state index is -0.434. The normalized spacial score (nSPS) is 10.7. The van der Waals surface area contributed by atoms with E-state index in [1.54, 1.807) is 38.3 Å². The Morgan fingerprint density at radius 3 is 2.62 bits per heavy atom. The van der Waals surface area contributed by atoms with E-state index in [1.165, 1.54) is 6.21 Å². The summed E-state index contributed by atoms with van der Waals surface area (Å²) in [7, 11) is 1.55. The van der Waals surface area contributed by atoms with E-state index >= 15 is 0 Å². The number of benzene rings is 2. The van der Waals surface area contributed by atoms with Gasteiger partial charge < -0.3 is 14.2 Å². The van der Waals surface area contributed by atoms with Gasteiger partial charge in [0.15, 0.2) is 6.61 Å². The molecule has 7 nitrogen and oxygen atoms in total. The third kappa shape index (κ3) is 7.10. The summed E-state index contributed by atoms with van der Waals surface area (Å²) in [5.74, 6) is 0.375. The molecule has 0 saturated heterocycles. The molecule has 1 amide bonds. The van der Waals surface area contributed by atoms with E-state index in [0.29, 0.717) is 28.1 Å². The fourth-order valence-corrected chi connectivity index (χ4v) is 4.48. The highest BCUT2D eigenvalue weighted by Crippen LogP contribution is 2.31. The largest absolute Gasteiger partial charge is 0.496 e. The van der Waals surface area contributed by atoms with Crippen LogP contribution in [0.5, 0.6) is 11.5 Å². The Morgan fingerprint density at radius 2 is 1.97 bits per heavy atom. The first kappa shape index (κ1) is 23.9. The second-order valence-corrected chi connectivity index (χ2v) is 8.63. The lowest BCUT2D eigenvalue weighted by Crippen LogP contribution is -2.17. The molecule has 2 aromatic rings. The Hall–Kier alpha value is -1.41. The van der Waals surface area contributed by atoms with Crippen LogP contribution in [0.25, 0.3) is 0 Å². The third-order valence-electron chi connectivity index (χ3n) is 3.45. The molecule has 2 aromatic carbocycles. The topological polar surface area (TPSA) is 86.2 Å². The molecule has 0 unspecified atom stereocenters. The van der Waals surface area contributed by atoms with Crippen LogP contribution in [-0.2, 0) is 9.53 Å². The zero-order chi connectivity index (χ0) is 21.4. The average Bonchev–Trinajstić information content (AvgIpc) is 2.67. The number of nitrogens with zero attached hydrogens (tertiary/aromatic N) is 1. The van der Waals surface area contributed by atoms with Crippen LogP contribution in [0.15, 0.2) is 39.9 Å². The first-order valence-electron chi connectivity index (χ1n) is 8.30. The van der Waals surface area contributed by atoms with Crippen molar-refractivity contribution in [3.05, 3.63) is 53.1 Å². The van der Waals surface area contributed by atoms with Gasteiger partial charge >= 0.3 is 5.97 Å². The highest BCUT2D eigenvalue weighted by Gasteiger charge is 2.12. The molecule has 2 rings (SSSR count). The summed E-state index contributed by atoms with van der Waals surface area (Å²) in [5.41, 5.74) is 3.67. The Bertz CT molecular complexity index is 914. The fraction of sp³-hybridized carbons (Fsp3) is 0.211. The third-order valence-corrected chi connectivity index (χ3v) is 5.73. The molecule has 0 heterocycles. The Kier molecular flexibility index (Phi) is 9.62. The SMILES string of the molecule is CCOC(=O)COc1c(Br)cc(/C=N\NC(=O)c2ccc(I)c(OC)c2)cc1I. The number of hydrogen-bond acceptors (Lipinski definition) is 6. The van der Waals surface area contributed by atoms with Gasteiger partial charge in [0.05, 0.1) is 31.5 Å². The lowest BCUT2D eigenvalue weighted by Gasteiger charge is -2.10. The van der Waals surface area contributed by atoms with Crippen molar-refractivity contribution >= 4 is 79.2 Å². The van der Waals surface area contributed by atoms with E-state index in [1.807, 2.05) is 6.07 Å². The molecular weight excluding hydrogens is 670 g/mol. The summed E-state index contributed by atoms with van der Waals surface area (Å²) in [6, 6.07) is 8.74. The first-order valence-corrected chi connectivity index (χ1v) is 11.2. The molecule has 0 spiro atoms. The van der Waals surface area contributed by atoms with Gasteiger partial charge in [0.1, 0.15) is 11.5 Å². The van der Waals surface area contributed by atoms with E-state index in [0.717, 1.165) is 12.7 Å². The van der Waals surface area contributed by atoms with Gasteiger partial charge in [-0.3, -0.25) is 4.79 Å². The molecule has 0 saturated carbocycles. The smallest absolute Gasteiger partial charge is 0.344 e. The summed E-state index contributed by atoms with van der Waals surface area (Å²) in [5, 5.41) is 4.00. The van der Waals surface area contributed by atoms with Crippen LogP contribution in [0.3, 0.4) is 0 Å². The number of amides is 1. The van der Waals surface area contributed by atoms with E-state index in [4.69, 9.17) is 14.2 Å². The number of ether oxygens (including phenoxy) is 3. The summed E-state index contributed by atoms with van der Waals surface area (Å²) >= 11 is 7.65. The van der Waals surface area contributed by atoms with Crippen LogP contribution >= 0.6 is 61.1 Å². The van der Waals surface area contributed by atoms with Crippen molar-refractivity contribution in [2.24, 2.45) is 5.10 Å². The highest BCUT2D eigenvalue weighted by molar-refractivity contribution is 14.1. The lowest BCUT2D eigenvalue weighted by molar-refractivity contribution is -0.145. The number of rotatable bonds is 8. The number of carbonyl (C=O) groups excluding carboxylic acids is 2. The van der Waals surface area contributed by atoms with Crippen molar-refractivity contribution in [1.29, 1.82) is 0 Å². The predicted molar refractivity (Wildman–Crippen MR) is 130 cm³/mol. The van der Waals surface area contributed by atoms with Crippen molar-refractivity contribution in [2.75, 3.05) is 20.3 Å². The predicted octanol–water partition coefficient (Wildman–Crippen LogP) is 4.37. The van der Waals surface area contributed by atoms with Crippen molar-refractivity contribution < 1.29 is 23.8 Å². The average molecular weight is 687 g/mol. The molecule has 0 aliphatic carbocycles. The van der Waals surface area contributed by atoms with Crippen molar-refractivity contribution in [3.8, 4) is 11.5 Å². The van der Waals surface area contributed by atoms with E-state index < -0.39 is 5.97 Å². The molecule has 0 aromatic heterocycles. The van der Waals surface area contributed by atoms with Gasteiger partial charge in [-0.2, -0.15) is 5.10 Å². The van der Waals surface area contributed by atoms with Crippen LogP contribution < -0.4 is 14.9 Å². The zero-order valence-electron chi connectivity index (χ0n) is 15.5. The zero-order valence-corrected chi connectivity index (χ0v) is 21.4. The van der Waals surface area contributed by atoms with Gasteiger partial charge in [0, 0.05) is 5.56 Å². The maximum Gasteiger partial charge on any atom is 0.344 e.